The Kier molecular flexibility index (Phi) is 7.78. The molecule has 0 amide bonds. The van der Waals surface area contributed by atoms with E-state index in [4.69, 9.17) is 4.74 Å². The van der Waals surface area contributed by atoms with Crippen LogP contribution in [0, 0.1) is 21.8 Å². The number of methoxy groups -OCH3 is 1. The highest BCUT2D eigenvalue weighted by molar-refractivity contribution is 7.89. The van der Waals surface area contributed by atoms with Crippen LogP contribution in [0.2, 0.25) is 0 Å². The summed E-state index contributed by atoms with van der Waals surface area (Å²) in [6.45, 7) is 4.26. The Morgan fingerprint density at radius 1 is 1.05 bits per heavy atom. The lowest BCUT2D eigenvalue weighted by molar-refractivity contribution is -0.385. The fourth-order valence-corrected chi connectivity index (χ4v) is 7.14. The van der Waals surface area contributed by atoms with E-state index in [9.17, 15) is 22.9 Å². The van der Waals surface area contributed by atoms with Crippen molar-refractivity contribution >= 4 is 21.5 Å². The molecule has 10 nitrogen and oxygen atoms in total. The van der Waals surface area contributed by atoms with Crippen molar-refractivity contribution in [2.45, 2.75) is 10.8 Å². The molecule has 2 atom stereocenters. The molecule has 2 aliphatic rings. The standard InChI is InChI=1S/C27H30FN5O5S/c1-38-25-16-23(33(34)35)8-9-26(25)39(36,37)32-18-21(24(19-32)20-5-4-6-22(28)15-20)17-30-11-13-31(14-12-30)27-7-2-3-10-29-27/h2-10,15-16,21,24H,11-14,17-19H2,1H3/t21-,24+/m0/s1. The van der Waals surface area contributed by atoms with E-state index in [0.29, 0.717) is 6.54 Å². The highest BCUT2D eigenvalue weighted by Gasteiger charge is 2.42. The van der Waals surface area contributed by atoms with E-state index in [1.54, 1.807) is 12.3 Å². The van der Waals surface area contributed by atoms with Gasteiger partial charge >= 0.3 is 0 Å². The second-order valence-corrected chi connectivity index (χ2v) is 11.7. The molecule has 12 heteroatoms. The first kappa shape index (κ1) is 27.0. The van der Waals surface area contributed by atoms with Gasteiger partial charge < -0.3 is 9.64 Å². The first-order chi connectivity index (χ1) is 18.8. The van der Waals surface area contributed by atoms with Gasteiger partial charge in [0.05, 0.1) is 18.1 Å². The lowest BCUT2D eigenvalue weighted by Crippen LogP contribution is -2.48. The van der Waals surface area contributed by atoms with E-state index in [-0.39, 0.29) is 47.1 Å². The van der Waals surface area contributed by atoms with Gasteiger partial charge in [0, 0.05) is 64.0 Å². The van der Waals surface area contributed by atoms with Crippen LogP contribution in [0.3, 0.4) is 0 Å². The third kappa shape index (κ3) is 5.72. The molecule has 2 fully saturated rings. The summed E-state index contributed by atoms with van der Waals surface area (Å²) in [5.74, 6) is 0.194. The molecule has 1 aromatic heterocycles. The molecule has 3 heterocycles. The van der Waals surface area contributed by atoms with E-state index in [0.717, 1.165) is 49.7 Å². The monoisotopic (exact) mass is 555 g/mol. The quantitative estimate of drug-likeness (QED) is 0.308. The number of aromatic nitrogens is 1. The van der Waals surface area contributed by atoms with Crippen molar-refractivity contribution in [1.29, 1.82) is 0 Å². The summed E-state index contributed by atoms with van der Waals surface area (Å²) in [7, 11) is -2.75. The molecule has 206 valence electrons. The van der Waals surface area contributed by atoms with E-state index < -0.39 is 14.9 Å². The second kappa shape index (κ2) is 11.2. The minimum absolute atomic E-state index is 0.0768. The Morgan fingerprint density at radius 2 is 1.85 bits per heavy atom. The number of nitro benzene ring substituents is 1. The number of ether oxygens (including phenoxy) is 1. The van der Waals surface area contributed by atoms with Gasteiger partial charge in [-0.3, -0.25) is 15.0 Å². The van der Waals surface area contributed by atoms with Gasteiger partial charge in [-0.1, -0.05) is 18.2 Å². The maximum atomic E-state index is 14.2. The molecule has 0 aliphatic carbocycles. The molecule has 2 aromatic carbocycles. The number of non-ortho nitro benzene ring substituents is 1. The summed E-state index contributed by atoms with van der Waals surface area (Å²) in [4.78, 5) is 19.5. The molecule has 2 aliphatic heterocycles. The van der Waals surface area contributed by atoms with Crippen molar-refractivity contribution in [1.82, 2.24) is 14.2 Å². The van der Waals surface area contributed by atoms with Crippen LogP contribution >= 0.6 is 0 Å². The number of piperazine rings is 1. The third-order valence-electron chi connectivity index (χ3n) is 7.50. The first-order valence-corrected chi connectivity index (χ1v) is 14.2. The fraction of sp³-hybridized carbons (Fsp3) is 0.370. The number of benzene rings is 2. The minimum Gasteiger partial charge on any atom is -0.495 e. The Balaban J connectivity index is 1.37. The number of rotatable bonds is 8. The topological polar surface area (TPSA) is 109 Å². The van der Waals surface area contributed by atoms with Crippen LogP contribution in [0.25, 0.3) is 0 Å². The van der Waals surface area contributed by atoms with Gasteiger partial charge in [-0.25, -0.2) is 17.8 Å². The maximum absolute atomic E-state index is 14.2. The summed E-state index contributed by atoms with van der Waals surface area (Å²) < 4.78 is 48.3. The fourth-order valence-electron chi connectivity index (χ4n) is 5.48. The van der Waals surface area contributed by atoms with Crippen molar-refractivity contribution in [3.63, 3.8) is 0 Å². The average Bonchev–Trinajstić information content (AvgIpc) is 3.38. The molecule has 39 heavy (non-hydrogen) atoms. The highest BCUT2D eigenvalue weighted by Crippen LogP contribution is 2.39. The van der Waals surface area contributed by atoms with Crippen LogP contribution < -0.4 is 9.64 Å². The molecule has 0 unspecified atom stereocenters. The van der Waals surface area contributed by atoms with Crippen LogP contribution in [-0.4, -0.2) is 80.5 Å². The number of halogens is 1. The van der Waals surface area contributed by atoms with E-state index in [2.05, 4.69) is 14.8 Å². The molecule has 0 radical (unpaired) electrons. The van der Waals surface area contributed by atoms with E-state index in [1.807, 2.05) is 24.3 Å². The van der Waals surface area contributed by atoms with Gasteiger partial charge in [-0.05, 0) is 41.8 Å². The predicted molar refractivity (Wildman–Crippen MR) is 144 cm³/mol. The van der Waals surface area contributed by atoms with Gasteiger partial charge in [0.2, 0.25) is 10.0 Å². The molecule has 5 rings (SSSR count). The van der Waals surface area contributed by atoms with Crippen LogP contribution in [0.4, 0.5) is 15.9 Å². The smallest absolute Gasteiger partial charge is 0.273 e. The summed E-state index contributed by atoms with van der Waals surface area (Å²) >= 11 is 0. The number of hydrogen-bond donors (Lipinski definition) is 0. The number of nitrogens with zero attached hydrogens (tertiary/aromatic N) is 5. The number of sulfonamides is 1. The van der Waals surface area contributed by atoms with Crippen molar-refractivity contribution in [2.75, 3.05) is 57.8 Å². The van der Waals surface area contributed by atoms with E-state index >= 15 is 0 Å². The van der Waals surface area contributed by atoms with Gasteiger partial charge in [0.25, 0.3) is 5.69 Å². The lowest BCUT2D eigenvalue weighted by atomic mass is 9.88. The average molecular weight is 556 g/mol. The van der Waals surface area contributed by atoms with Crippen LogP contribution in [0.5, 0.6) is 5.75 Å². The zero-order valence-corrected chi connectivity index (χ0v) is 22.3. The zero-order valence-electron chi connectivity index (χ0n) is 21.5. The molecular formula is C27H30FN5O5S. The van der Waals surface area contributed by atoms with E-state index in [1.165, 1.54) is 29.6 Å². The molecule has 2 saturated heterocycles. The van der Waals surface area contributed by atoms with Crippen molar-refractivity contribution in [3.05, 3.63) is 88.4 Å². The summed E-state index contributed by atoms with van der Waals surface area (Å²) in [6.07, 6.45) is 1.78. The summed E-state index contributed by atoms with van der Waals surface area (Å²) in [5.41, 5.74) is 0.494. The SMILES string of the molecule is COc1cc([N+](=O)[O-])ccc1S(=O)(=O)N1C[C@H](CN2CCN(c3ccccn3)CC2)[C@@H](c2cccc(F)c2)C1. The number of pyridine rings is 1. The molecule has 0 saturated carbocycles. The Bertz CT molecular complexity index is 1430. The highest BCUT2D eigenvalue weighted by atomic mass is 32.2. The normalized spacial score (nSPS) is 20.7. The predicted octanol–water partition coefficient (Wildman–Crippen LogP) is 3.36. The third-order valence-corrected chi connectivity index (χ3v) is 9.37. The Labute approximate surface area is 226 Å². The van der Waals surface area contributed by atoms with Crippen LogP contribution in [0.15, 0.2) is 71.8 Å². The minimum atomic E-state index is -4.04. The molecule has 0 bridgehead atoms. The zero-order chi connectivity index (χ0) is 27.6. The Morgan fingerprint density at radius 3 is 2.51 bits per heavy atom. The largest absolute Gasteiger partial charge is 0.495 e. The Hall–Kier alpha value is -3.61. The van der Waals surface area contributed by atoms with Gasteiger partial charge in [0.15, 0.2) is 0 Å². The first-order valence-electron chi connectivity index (χ1n) is 12.7. The second-order valence-electron chi connectivity index (χ2n) is 9.81. The molecule has 0 N–H and O–H groups in total. The van der Waals surface area contributed by atoms with Gasteiger partial charge in [-0.15, -0.1) is 0 Å². The molecular weight excluding hydrogens is 525 g/mol. The maximum Gasteiger partial charge on any atom is 0.273 e. The lowest BCUT2D eigenvalue weighted by Gasteiger charge is -2.37. The molecule has 0 spiro atoms. The number of nitro groups is 1. The molecule has 3 aromatic rings. The number of anilines is 1. The van der Waals surface area contributed by atoms with Crippen molar-refractivity contribution in [3.8, 4) is 5.75 Å². The van der Waals surface area contributed by atoms with Crippen LogP contribution in [0.1, 0.15) is 11.5 Å². The number of hydrogen-bond acceptors (Lipinski definition) is 8. The van der Waals surface area contributed by atoms with Crippen molar-refractivity contribution in [2.24, 2.45) is 5.92 Å². The van der Waals surface area contributed by atoms with Gasteiger partial charge in [-0.2, -0.15) is 4.31 Å². The van der Waals surface area contributed by atoms with Crippen LogP contribution in [-0.2, 0) is 10.0 Å². The summed E-state index contributed by atoms with van der Waals surface area (Å²) in [6, 6.07) is 15.7. The van der Waals surface area contributed by atoms with Crippen molar-refractivity contribution < 1.29 is 22.5 Å². The van der Waals surface area contributed by atoms with Gasteiger partial charge in [0.1, 0.15) is 22.3 Å². The summed E-state index contributed by atoms with van der Waals surface area (Å²) in [5, 5.41) is 11.2.